The third-order valence-electron chi connectivity index (χ3n) is 2.68. The summed E-state index contributed by atoms with van der Waals surface area (Å²) >= 11 is 12.2. The Balaban J connectivity index is 2.57. The summed E-state index contributed by atoms with van der Waals surface area (Å²) in [5, 5.41) is 1.67. The number of cyclic esters (lactones) is 2. The molecule has 0 radical (unpaired) electrons. The molecular weight excluding hydrogens is 263 g/mol. The first-order valence-corrected chi connectivity index (χ1v) is 5.53. The quantitative estimate of drug-likeness (QED) is 0.542. The highest BCUT2D eigenvalue weighted by molar-refractivity contribution is 6.46. The van der Waals surface area contributed by atoms with E-state index in [-0.39, 0.29) is 21.2 Å². The first kappa shape index (κ1) is 10.6. The van der Waals surface area contributed by atoms with Crippen molar-refractivity contribution < 1.29 is 14.3 Å². The molecular formula is C12H4Cl2O3. The summed E-state index contributed by atoms with van der Waals surface area (Å²) in [6.45, 7) is 0. The van der Waals surface area contributed by atoms with Crippen molar-refractivity contribution in [1.82, 2.24) is 0 Å². The highest BCUT2D eigenvalue weighted by Crippen LogP contribution is 2.40. The molecule has 17 heavy (non-hydrogen) atoms. The fourth-order valence-electron chi connectivity index (χ4n) is 1.92. The molecule has 5 heteroatoms. The minimum absolute atomic E-state index is 0.0559. The number of fused-ring (bicyclic) bond motifs is 2. The normalized spacial score (nSPS) is 14.0. The van der Waals surface area contributed by atoms with Crippen LogP contribution in [0.2, 0.25) is 10.0 Å². The fraction of sp³-hybridized carbons (Fsp3) is 0. The topological polar surface area (TPSA) is 43.4 Å². The first-order valence-electron chi connectivity index (χ1n) is 4.77. The molecule has 3 nitrogen and oxygen atoms in total. The van der Waals surface area contributed by atoms with Crippen molar-refractivity contribution in [3.05, 3.63) is 45.4 Å². The molecule has 0 N–H and O–H groups in total. The minimum atomic E-state index is -0.748. The van der Waals surface area contributed by atoms with Gasteiger partial charge in [0.1, 0.15) is 0 Å². The van der Waals surface area contributed by atoms with Gasteiger partial charge in [0.2, 0.25) is 0 Å². The van der Waals surface area contributed by atoms with E-state index in [4.69, 9.17) is 23.2 Å². The Morgan fingerprint density at radius 2 is 1.24 bits per heavy atom. The van der Waals surface area contributed by atoms with Crippen LogP contribution in [0.1, 0.15) is 20.7 Å². The lowest BCUT2D eigenvalue weighted by Crippen LogP contribution is -1.97. The molecule has 0 atom stereocenters. The van der Waals surface area contributed by atoms with E-state index in [1.165, 1.54) is 0 Å². The van der Waals surface area contributed by atoms with Crippen molar-refractivity contribution in [2.24, 2.45) is 0 Å². The van der Waals surface area contributed by atoms with E-state index >= 15 is 0 Å². The van der Waals surface area contributed by atoms with Gasteiger partial charge in [-0.3, -0.25) is 0 Å². The molecule has 0 saturated heterocycles. The molecule has 0 saturated carbocycles. The number of esters is 2. The number of benzene rings is 2. The van der Waals surface area contributed by atoms with Gasteiger partial charge in [0.05, 0.1) is 21.2 Å². The summed E-state index contributed by atoms with van der Waals surface area (Å²) < 4.78 is 4.52. The molecule has 0 aromatic heterocycles. The lowest BCUT2D eigenvalue weighted by atomic mass is 10.0. The Bertz CT molecular complexity index is 633. The van der Waals surface area contributed by atoms with Crippen molar-refractivity contribution in [3.63, 3.8) is 0 Å². The van der Waals surface area contributed by atoms with Gasteiger partial charge in [-0.05, 0) is 0 Å². The Morgan fingerprint density at radius 3 is 1.65 bits per heavy atom. The van der Waals surface area contributed by atoms with Gasteiger partial charge in [-0.15, -0.1) is 0 Å². The number of halogens is 2. The van der Waals surface area contributed by atoms with E-state index in [2.05, 4.69) is 4.74 Å². The Labute approximate surface area is 106 Å². The molecule has 0 aliphatic carbocycles. The second-order valence-electron chi connectivity index (χ2n) is 3.60. The largest absolute Gasteiger partial charge is 0.386 e. The highest BCUT2D eigenvalue weighted by atomic mass is 35.5. The second-order valence-corrected chi connectivity index (χ2v) is 4.36. The highest BCUT2D eigenvalue weighted by Gasteiger charge is 2.36. The summed E-state index contributed by atoms with van der Waals surface area (Å²) in [7, 11) is 0. The van der Waals surface area contributed by atoms with E-state index < -0.39 is 11.9 Å². The molecule has 0 bridgehead atoms. The molecule has 1 aliphatic rings. The fourth-order valence-corrected chi connectivity index (χ4v) is 2.60. The van der Waals surface area contributed by atoms with Crippen LogP contribution in [0.15, 0.2) is 24.3 Å². The molecule has 1 heterocycles. The van der Waals surface area contributed by atoms with E-state index in [1.54, 1.807) is 24.3 Å². The average Bonchev–Trinajstić information content (AvgIpc) is 2.62. The lowest BCUT2D eigenvalue weighted by molar-refractivity contribution is 0.0444. The number of carbonyl (C=O) groups excluding carboxylic acids is 2. The van der Waals surface area contributed by atoms with Gasteiger partial charge in [-0.1, -0.05) is 47.5 Å². The third-order valence-corrected chi connectivity index (χ3v) is 3.47. The maximum atomic E-state index is 11.5. The standard InChI is InChI=1S/C12H4Cl2O3/c13-9-5-3-1-2-4-6(5)10(14)8-7(9)11(15)17-12(8)16/h1-4H. The minimum Gasteiger partial charge on any atom is -0.386 e. The van der Waals surface area contributed by atoms with Crippen molar-refractivity contribution >= 4 is 45.9 Å². The van der Waals surface area contributed by atoms with Crippen LogP contribution in [0.4, 0.5) is 0 Å². The molecule has 0 spiro atoms. The zero-order valence-corrected chi connectivity index (χ0v) is 9.80. The van der Waals surface area contributed by atoms with Gasteiger partial charge in [0.25, 0.3) is 0 Å². The third kappa shape index (κ3) is 1.30. The van der Waals surface area contributed by atoms with E-state index in [0.29, 0.717) is 10.8 Å². The van der Waals surface area contributed by atoms with Crippen molar-refractivity contribution in [2.75, 3.05) is 0 Å². The van der Waals surface area contributed by atoms with Crippen molar-refractivity contribution in [3.8, 4) is 0 Å². The molecule has 2 aromatic rings. The summed E-state index contributed by atoms with van der Waals surface area (Å²) in [5.74, 6) is -1.50. The van der Waals surface area contributed by atoms with Crippen LogP contribution < -0.4 is 0 Å². The summed E-state index contributed by atoms with van der Waals surface area (Å²) in [5.41, 5.74) is 0.112. The molecule has 0 unspecified atom stereocenters. The van der Waals surface area contributed by atoms with Crippen LogP contribution in [-0.2, 0) is 4.74 Å². The van der Waals surface area contributed by atoms with E-state index in [0.717, 1.165) is 0 Å². The second kappa shape index (κ2) is 3.45. The van der Waals surface area contributed by atoms with Crippen molar-refractivity contribution in [1.29, 1.82) is 0 Å². The molecule has 1 aliphatic heterocycles. The molecule has 2 aromatic carbocycles. The molecule has 84 valence electrons. The maximum Gasteiger partial charge on any atom is 0.348 e. The monoisotopic (exact) mass is 266 g/mol. The van der Waals surface area contributed by atoms with Crippen LogP contribution in [-0.4, -0.2) is 11.9 Å². The number of hydrogen-bond donors (Lipinski definition) is 0. The van der Waals surface area contributed by atoms with Gasteiger partial charge in [0, 0.05) is 10.8 Å². The SMILES string of the molecule is O=C1OC(=O)c2c1c(Cl)c1ccccc1c2Cl. The van der Waals surface area contributed by atoms with Gasteiger partial charge >= 0.3 is 11.9 Å². The maximum absolute atomic E-state index is 11.5. The summed E-state index contributed by atoms with van der Waals surface area (Å²) in [4.78, 5) is 23.0. The molecule has 3 rings (SSSR count). The van der Waals surface area contributed by atoms with Crippen LogP contribution in [0.25, 0.3) is 10.8 Å². The van der Waals surface area contributed by atoms with E-state index in [1.807, 2.05) is 0 Å². The predicted molar refractivity (Wildman–Crippen MR) is 63.7 cm³/mol. The Hall–Kier alpha value is -1.58. The van der Waals surface area contributed by atoms with E-state index in [9.17, 15) is 9.59 Å². The zero-order valence-electron chi connectivity index (χ0n) is 8.29. The average molecular weight is 267 g/mol. The molecule has 0 amide bonds. The Kier molecular flexibility index (Phi) is 2.15. The number of hydrogen-bond acceptors (Lipinski definition) is 3. The first-order chi connectivity index (χ1) is 8.11. The van der Waals surface area contributed by atoms with Gasteiger partial charge in [-0.25, -0.2) is 9.59 Å². The van der Waals surface area contributed by atoms with Gasteiger partial charge in [-0.2, -0.15) is 0 Å². The smallest absolute Gasteiger partial charge is 0.348 e. The summed E-state index contributed by atoms with van der Waals surface area (Å²) in [6.07, 6.45) is 0. The van der Waals surface area contributed by atoms with Crippen LogP contribution in [0, 0.1) is 0 Å². The van der Waals surface area contributed by atoms with Crippen LogP contribution >= 0.6 is 23.2 Å². The lowest BCUT2D eigenvalue weighted by Gasteiger charge is -2.06. The van der Waals surface area contributed by atoms with Gasteiger partial charge in [0.15, 0.2) is 0 Å². The molecule has 0 fully saturated rings. The number of carbonyl (C=O) groups is 2. The predicted octanol–water partition coefficient (Wildman–Crippen LogP) is 3.46. The number of ether oxygens (including phenoxy) is 1. The van der Waals surface area contributed by atoms with Crippen LogP contribution in [0.5, 0.6) is 0 Å². The number of rotatable bonds is 0. The summed E-state index contributed by atoms with van der Waals surface area (Å²) in [6, 6.07) is 7.03. The Morgan fingerprint density at radius 1 is 0.824 bits per heavy atom. The zero-order chi connectivity index (χ0) is 12.2. The van der Waals surface area contributed by atoms with Crippen molar-refractivity contribution in [2.45, 2.75) is 0 Å². The van der Waals surface area contributed by atoms with Gasteiger partial charge < -0.3 is 4.74 Å². The van der Waals surface area contributed by atoms with Crippen LogP contribution in [0.3, 0.4) is 0 Å².